The zero-order valence-electron chi connectivity index (χ0n) is 16.7. The smallest absolute Gasteiger partial charge is 0.253 e. The van der Waals surface area contributed by atoms with E-state index in [1.165, 1.54) is 0 Å². The summed E-state index contributed by atoms with van der Waals surface area (Å²) in [6.45, 7) is 6.74. The van der Waals surface area contributed by atoms with Gasteiger partial charge in [-0.25, -0.2) is 0 Å². The van der Waals surface area contributed by atoms with E-state index in [2.05, 4.69) is 15.5 Å². The van der Waals surface area contributed by atoms with Gasteiger partial charge in [-0.3, -0.25) is 9.59 Å². The lowest BCUT2D eigenvalue weighted by molar-refractivity contribution is -0.122. The number of halogens is 1. The van der Waals surface area contributed by atoms with Gasteiger partial charge in [-0.15, -0.1) is 11.6 Å². The van der Waals surface area contributed by atoms with E-state index >= 15 is 0 Å². The van der Waals surface area contributed by atoms with Crippen LogP contribution in [-0.2, 0) is 9.53 Å². The minimum atomic E-state index is -0.683. The molecule has 6 nitrogen and oxygen atoms in total. The highest BCUT2D eigenvalue weighted by Crippen LogP contribution is 2.29. The lowest BCUT2D eigenvalue weighted by Crippen LogP contribution is -2.34. The maximum Gasteiger partial charge on any atom is 0.253 e. The van der Waals surface area contributed by atoms with Crippen molar-refractivity contribution in [3.63, 3.8) is 0 Å². The average Bonchev–Trinajstić information content (AvgIpc) is 3.40. The first-order chi connectivity index (χ1) is 13.4. The number of anilines is 2. The van der Waals surface area contributed by atoms with Gasteiger partial charge in [-0.05, 0) is 57.7 Å². The highest BCUT2D eigenvalue weighted by Gasteiger charge is 2.27. The summed E-state index contributed by atoms with van der Waals surface area (Å²) in [6.07, 6.45) is 4.35. The summed E-state index contributed by atoms with van der Waals surface area (Å²) in [4.78, 5) is 27.6. The van der Waals surface area contributed by atoms with E-state index < -0.39 is 5.41 Å². The second-order valence-corrected chi connectivity index (χ2v) is 8.51. The summed E-state index contributed by atoms with van der Waals surface area (Å²) in [5.74, 6) is -0.0772. The van der Waals surface area contributed by atoms with E-state index in [0.29, 0.717) is 17.8 Å². The van der Waals surface area contributed by atoms with Gasteiger partial charge in [0, 0.05) is 43.5 Å². The number of hydrogen-bond donors (Lipinski definition) is 2. The number of carbonyl (C=O) groups excluding carboxylic acids is 2. The van der Waals surface area contributed by atoms with Crippen molar-refractivity contribution in [2.75, 3.05) is 42.3 Å². The van der Waals surface area contributed by atoms with Crippen LogP contribution in [0.15, 0.2) is 18.2 Å². The molecule has 0 aliphatic carbocycles. The minimum Gasteiger partial charge on any atom is -0.376 e. The first kappa shape index (κ1) is 20.9. The van der Waals surface area contributed by atoms with E-state index in [1.54, 1.807) is 19.9 Å². The molecule has 0 bridgehead atoms. The van der Waals surface area contributed by atoms with E-state index in [4.69, 9.17) is 16.3 Å². The molecule has 2 amide bonds. The van der Waals surface area contributed by atoms with Gasteiger partial charge < -0.3 is 20.3 Å². The summed E-state index contributed by atoms with van der Waals surface area (Å²) in [5, 5.41) is 5.90. The standard InChI is InChI=1S/C21H30ClN3O3/c1-21(2,14-22)20(27)24-15-7-8-18(25-9-3-4-10-25)17(12-15)19(26)23-13-16-6-5-11-28-16/h7-8,12,16H,3-6,9-11,13-14H2,1-2H3,(H,23,26)(H,24,27). The van der Waals surface area contributed by atoms with E-state index in [1.807, 2.05) is 12.1 Å². The number of carbonyl (C=O) groups is 2. The van der Waals surface area contributed by atoms with Gasteiger partial charge in [0.2, 0.25) is 5.91 Å². The third kappa shape index (κ3) is 4.97. The van der Waals surface area contributed by atoms with Crippen LogP contribution in [0, 0.1) is 5.41 Å². The molecular formula is C21H30ClN3O3. The highest BCUT2D eigenvalue weighted by molar-refractivity contribution is 6.20. The fourth-order valence-corrected chi connectivity index (χ4v) is 3.62. The SMILES string of the molecule is CC(C)(CCl)C(=O)Nc1ccc(N2CCCC2)c(C(=O)NCC2CCCO2)c1. The molecule has 2 fully saturated rings. The first-order valence-corrected chi connectivity index (χ1v) is 10.6. The molecular weight excluding hydrogens is 378 g/mol. The van der Waals surface area contributed by atoms with Crippen LogP contribution in [0.2, 0.25) is 0 Å². The van der Waals surface area contributed by atoms with Gasteiger partial charge in [0.05, 0.1) is 17.1 Å². The largest absolute Gasteiger partial charge is 0.376 e. The molecule has 154 valence electrons. The monoisotopic (exact) mass is 407 g/mol. The minimum absolute atomic E-state index is 0.0894. The van der Waals surface area contributed by atoms with E-state index in [9.17, 15) is 9.59 Å². The highest BCUT2D eigenvalue weighted by atomic mass is 35.5. The van der Waals surface area contributed by atoms with Crippen LogP contribution in [0.1, 0.15) is 49.9 Å². The molecule has 3 rings (SSSR count). The summed E-state index contributed by atoms with van der Waals surface area (Å²) < 4.78 is 5.60. The van der Waals surface area contributed by atoms with Crippen LogP contribution in [0.5, 0.6) is 0 Å². The maximum absolute atomic E-state index is 12.9. The number of alkyl halides is 1. The summed E-state index contributed by atoms with van der Waals surface area (Å²) in [5.41, 5.74) is 1.42. The topological polar surface area (TPSA) is 70.7 Å². The zero-order valence-corrected chi connectivity index (χ0v) is 17.5. The molecule has 0 aromatic heterocycles. The van der Waals surface area contributed by atoms with Crippen molar-refractivity contribution in [2.45, 2.75) is 45.6 Å². The molecule has 1 atom stereocenters. The summed E-state index contributed by atoms with van der Waals surface area (Å²) in [6, 6.07) is 5.54. The molecule has 0 radical (unpaired) electrons. The van der Waals surface area contributed by atoms with Crippen molar-refractivity contribution in [2.24, 2.45) is 5.41 Å². The van der Waals surface area contributed by atoms with Crippen molar-refractivity contribution in [1.82, 2.24) is 5.32 Å². The van der Waals surface area contributed by atoms with Crippen molar-refractivity contribution < 1.29 is 14.3 Å². The number of amides is 2. The third-order valence-corrected chi connectivity index (χ3v) is 6.08. The van der Waals surface area contributed by atoms with Crippen molar-refractivity contribution in [3.05, 3.63) is 23.8 Å². The second-order valence-electron chi connectivity index (χ2n) is 8.24. The zero-order chi connectivity index (χ0) is 20.1. The number of rotatable bonds is 7. The number of ether oxygens (including phenoxy) is 1. The Bertz CT molecular complexity index is 711. The van der Waals surface area contributed by atoms with Crippen molar-refractivity contribution in [3.8, 4) is 0 Å². The van der Waals surface area contributed by atoms with Gasteiger partial charge in [0.1, 0.15) is 0 Å². The molecule has 2 N–H and O–H groups in total. The molecule has 2 aliphatic rings. The van der Waals surface area contributed by atoms with Crippen LogP contribution in [0.3, 0.4) is 0 Å². The Labute approximate surface area is 171 Å². The van der Waals surface area contributed by atoms with Gasteiger partial charge in [-0.2, -0.15) is 0 Å². The molecule has 2 aliphatic heterocycles. The number of benzene rings is 1. The van der Waals surface area contributed by atoms with Gasteiger partial charge in [-0.1, -0.05) is 0 Å². The predicted molar refractivity (Wildman–Crippen MR) is 112 cm³/mol. The Morgan fingerprint density at radius 2 is 2.00 bits per heavy atom. The van der Waals surface area contributed by atoms with Gasteiger partial charge in [0.15, 0.2) is 0 Å². The lowest BCUT2D eigenvalue weighted by Gasteiger charge is -2.24. The Morgan fingerprint density at radius 1 is 1.25 bits per heavy atom. The maximum atomic E-state index is 12.9. The summed E-state index contributed by atoms with van der Waals surface area (Å²) in [7, 11) is 0. The van der Waals surface area contributed by atoms with Gasteiger partial charge in [0.25, 0.3) is 5.91 Å². The molecule has 2 heterocycles. The quantitative estimate of drug-likeness (QED) is 0.679. The molecule has 1 aromatic carbocycles. The van der Waals surface area contributed by atoms with Gasteiger partial charge >= 0.3 is 0 Å². The molecule has 0 spiro atoms. The third-order valence-electron chi connectivity index (χ3n) is 5.41. The fourth-order valence-electron chi connectivity index (χ4n) is 3.50. The predicted octanol–water partition coefficient (Wildman–Crippen LogP) is 3.40. The number of nitrogens with one attached hydrogen (secondary N) is 2. The Kier molecular flexibility index (Phi) is 6.83. The molecule has 28 heavy (non-hydrogen) atoms. The number of nitrogens with zero attached hydrogens (tertiary/aromatic N) is 1. The average molecular weight is 408 g/mol. The van der Waals surface area contributed by atoms with Crippen LogP contribution >= 0.6 is 11.6 Å². The Balaban J connectivity index is 1.78. The van der Waals surface area contributed by atoms with E-state index in [0.717, 1.165) is 51.1 Å². The molecule has 2 saturated heterocycles. The Morgan fingerprint density at radius 3 is 2.64 bits per heavy atom. The first-order valence-electron chi connectivity index (χ1n) is 10.1. The van der Waals surface area contributed by atoms with Crippen LogP contribution in [0.25, 0.3) is 0 Å². The fraction of sp³-hybridized carbons (Fsp3) is 0.619. The molecule has 1 aromatic rings. The second kappa shape index (κ2) is 9.14. The molecule has 1 unspecified atom stereocenters. The molecule has 0 saturated carbocycles. The van der Waals surface area contributed by atoms with Crippen molar-refractivity contribution in [1.29, 1.82) is 0 Å². The van der Waals surface area contributed by atoms with Crippen molar-refractivity contribution >= 4 is 34.8 Å². The number of hydrogen-bond acceptors (Lipinski definition) is 4. The van der Waals surface area contributed by atoms with Crippen LogP contribution < -0.4 is 15.5 Å². The van der Waals surface area contributed by atoms with Crippen LogP contribution in [-0.4, -0.2) is 50.0 Å². The van der Waals surface area contributed by atoms with Crippen LogP contribution in [0.4, 0.5) is 11.4 Å². The normalized spacial score (nSPS) is 19.7. The van der Waals surface area contributed by atoms with E-state index in [-0.39, 0.29) is 23.8 Å². The molecule has 7 heteroatoms. The summed E-state index contributed by atoms with van der Waals surface area (Å²) >= 11 is 5.91. The Hall–Kier alpha value is -1.79. The lowest BCUT2D eigenvalue weighted by atomic mass is 9.95.